The van der Waals surface area contributed by atoms with Gasteiger partial charge in [-0.3, -0.25) is 5.73 Å². The molecule has 0 aliphatic carbocycles. The summed E-state index contributed by atoms with van der Waals surface area (Å²) in [5, 5.41) is 0. The van der Waals surface area contributed by atoms with E-state index in [9.17, 15) is 26.3 Å². The molecule has 2 aromatic carbocycles. The van der Waals surface area contributed by atoms with Crippen molar-refractivity contribution in [1.29, 1.82) is 0 Å². The van der Waals surface area contributed by atoms with Gasteiger partial charge in [0.25, 0.3) is 5.84 Å². The molecule has 2 aromatic rings. The second-order valence-corrected chi connectivity index (χ2v) is 4.70. The van der Waals surface area contributed by atoms with Crippen molar-refractivity contribution in [2.75, 3.05) is 0 Å². The van der Waals surface area contributed by atoms with Crippen LogP contribution in [0.3, 0.4) is 0 Å². The van der Waals surface area contributed by atoms with Crippen LogP contribution in [0.1, 0.15) is 16.7 Å². The highest BCUT2D eigenvalue weighted by molar-refractivity contribution is 5.93. The summed E-state index contributed by atoms with van der Waals surface area (Å²) in [6.45, 7) is 0. The lowest BCUT2D eigenvalue weighted by Crippen LogP contribution is -2.69. The molecule has 8 heteroatoms. The molecule has 3 N–H and O–H groups in total. The minimum Gasteiger partial charge on any atom is -0.287 e. The van der Waals surface area contributed by atoms with Crippen LogP contribution in [0, 0.1) is 0 Å². The molecule has 0 saturated heterocycles. The molecule has 122 valence electrons. The molecule has 23 heavy (non-hydrogen) atoms. The first-order valence-electron chi connectivity index (χ1n) is 6.32. The van der Waals surface area contributed by atoms with Gasteiger partial charge in [0.1, 0.15) is 5.69 Å². The third-order valence-electron chi connectivity index (χ3n) is 2.97. The number of hydrogen-bond acceptors (Lipinski definition) is 0. The zero-order valence-electron chi connectivity index (χ0n) is 11.5. The summed E-state index contributed by atoms with van der Waals surface area (Å²) in [4.78, 5) is 2.48. The van der Waals surface area contributed by atoms with Crippen LogP contribution in [0.25, 0.3) is 0 Å². The average molecular weight is 333 g/mol. The second kappa shape index (κ2) is 5.94. The predicted octanol–water partition coefficient (Wildman–Crippen LogP) is 2.84. The first kappa shape index (κ1) is 16.9. The molecule has 0 atom stereocenters. The van der Waals surface area contributed by atoms with Crippen LogP contribution in [0.5, 0.6) is 0 Å². The molecule has 0 aromatic heterocycles. The number of nitrogens with one attached hydrogen (secondary N) is 1. The van der Waals surface area contributed by atoms with Crippen LogP contribution < -0.4 is 10.7 Å². The molecule has 0 unspecified atom stereocenters. The van der Waals surface area contributed by atoms with Crippen LogP contribution in [-0.2, 0) is 12.4 Å². The van der Waals surface area contributed by atoms with Crippen LogP contribution >= 0.6 is 0 Å². The van der Waals surface area contributed by atoms with E-state index in [1.807, 2.05) is 0 Å². The van der Waals surface area contributed by atoms with Gasteiger partial charge < -0.3 is 0 Å². The highest BCUT2D eigenvalue weighted by Crippen LogP contribution is 2.30. The molecular formula is C15H11F6N2+. The standard InChI is InChI=1S/C15H10F6N2/c16-14(17,18)10-4-1-3-9(7-10)13(22)23-12-6-2-5-11(8-12)15(19,20)21/h1-8H,(H2,22,23)/p+1. The molecule has 0 radical (unpaired) electrons. The minimum absolute atomic E-state index is 0.0229. The Bertz CT molecular complexity index is 731. The molecule has 0 saturated carbocycles. The number of halogens is 6. The Morgan fingerprint density at radius 1 is 0.783 bits per heavy atom. The summed E-state index contributed by atoms with van der Waals surface area (Å²) < 4.78 is 75.8. The largest absolute Gasteiger partial charge is 0.416 e. The van der Waals surface area contributed by atoms with Gasteiger partial charge in [0.05, 0.1) is 16.7 Å². The minimum atomic E-state index is -4.54. The second-order valence-electron chi connectivity index (χ2n) is 4.70. The number of alkyl halides is 6. The van der Waals surface area contributed by atoms with Gasteiger partial charge in [-0.25, -0.2) is 4.99 Å². The van der Waals surface area contributed by atoms with Crippen molar-refractivity contribution in [2.45, 2.75) is 12.4 Å². The zero-order chi connectivity index (χ0) is 17.3. The quantitative estimate of drug-likeness (QED) is 0.495. The van der Waals surface area contributed by atoms with Crippen molar-refractivity contribution in [3.05, 3.63) is 65.2 Å². The van der Waals surface area contributed by atoms with Gasteiger partial charge in [-0.15, -0.1) is 0 Å². The molecule has 0 fully saturated rings. The molecule has 0 bridgehead atoms. The van der Waals surface area contributed by atoms with E-state index in [2.05, 4.69) is 4.99 Å². The fourth-order valence-electron chi connectivity index (χ4n) is 1.86. The molecule has 0 aliphatic rings. The first-order chi connectivity index (χ1) is 10.6. The Labute approximate surface area is 127 Å². The molecule has 2 nitrogen and oxygen atoms in total. The van der Waals surface area contributed by atoms with Crippen molar-refractivity contribution < 1.29 is 31.3 Å². The Hall–Kier alpha value is -2.51. The van der Waals surface area contributed by atoms with Crippen LogP contribution in [0.4, 0.5) is 32.0 Å². The van der Waals surface area contributed by atoms with E-state index in [4.69, 9.17) is 5.73 Å². The summed E-state index contributed by atoms with van der Waals surface area (Å²) in [7, 11) is 0. The van der Waals surface area contributed by atoms with Gasteiger partial charge in [-0.2, -0.15) is 26.3 Å². The highest BCUT2D eigenvalue weighted by atomic mass is 19.4. The van der Waals surface area contributed by atoms with E-state index in [0.29, 0.717) is 0 Å². The smallest absolute Gasteiger partial charge is 0.287 e. The van der Waals surface area contributed by atoms with Gasteiger partial charge in [0.15, 0.2) is 0 Å². The fraction of sp³-hybridized carbons (Fsp3) is 0.133. The van der Waals surface area contributed by atoms with E-state index >= 15 is 0 Å². The van der Waals surface area contributed by atoms with Crippen molar-refractivity contribution in [3.8, 4) is 0 Å². The molecule has 0 spiro atoms. The van der Waals surface area contributed by atoms with Crippen molar-refractivity contribution >= 4 is 11.5 Å². The summed E-state index contributed by atoms with van der Waals surface area (Å²) in [6.07, 6.45) is -9.06. The van der Waals surface area contributed by atoms with Gasteiger partial charge in [-0.05, 0) is 36.4 Å². The fourth-order valence-corrected chi connectivity index (χ4v) is 1.86. The highest BCUT2D eigenvalue weighted by Gasteiger charge is 2.31. The van der Waals surface area contributed by atoms with Crippen LogP contribution in [0.15, 0.2) is 48.5 Å². The number of hydrogen-bond donors (Lipinski definition) is 2. The van der Waals surface area contributed by atoms with E-state index in [1.54, 1.807) is 0 Å². The van der Waals surface area contributed by atoms with Gasteiger partial charge in [0.2, 0.25) is 0 Å². The topological polar surface area (TPSA) is 40.0 Å². The molecule has 0 heterocycles. The number of benzene rings is 2. The van der Waals surface area contributed by atoms with E-state index in [1.165, 1.54) is 24.3 Å². The number of nitrogen functional groups attached to an aromatic ring is 1. The van der Waals surface area contributed by atoms with Gasteiger partial charge in [-0.1, -0.05) is 12.1 Å². The monoisotopic (exact) mass is 333 g/mol. The maximum Gasteiger partial charge on any atom is 0.416 e. The lowest BCUT2D eigenvalue weighted by molar-refractivity contribution is -0.354. The van der Waals surface area contributed by atoms with E-state index < -0.39 is 23.5 Å². The Kier molecular flexibility index (Phi) is 4.35. The van der Waals surface area contributed by atoms with E-state index in [-0.39, 0.29) is 17.1 Å². The zero-order valence-corrected chi connectivity index (χ0v) is 11.5. The summed E-state index contributed by atoms with van der Waals surface area (Å²) in [5.41, 5.74) is 3.91. The number of rotatable bonds is 2. The lowest BCUT2D eigenvalue weighted by atomic mass is 10.1. The third kappa shape index (κ3) is 4.24. The third-order valence-corrected chi connectivity index (χ3v) is 2.97. The van der Waals surface area contributed by atoms with Crippen molar-refractivity contribution in [1.82, 2.24) is 0 Å². The average Bonchev–Trinajstić information content (AvgIpc) is 2.46. The maximum absolute atomic E-state index is 12.6. The predicted molar refractivity (Wildman–Crippen MR) is 71.8 cm³/mol. The molecule has 0 amide bonds. The summed E-state index contributed by atoms with van der Waals surface area (Å²) in [5.74, 6) is -0.185. The molecule has 0 aliphatic heterocycles. The van der Waals surface area contributed by atoms with E-state index in [0.717, 1.165) is 24.3 Å². The van der Waals surface area contributed by atoms with Gasteiger partial charge in [0, 0.05) is 0 Å². The van der Waals surface area contributed by atoms with Crippen molar-refractivity contribution in [3.63, 3.8) is 0 Å². The van der Waals surface area contributed by atoms with Crippen molar-refractivity contribution in [2.24, 2.45) is 5.73 Å². The Balaban J connectivity index is 2.37. The number of amidine groups is 1. The number of nitrogens with two attached hydrogens (primary N) is 1. The summed E-state index contributed by atoms with van der Waals surface area (Å²) in [6, 6.07) is 8.38. The molecule has 2 rings (SSSR count). The summed E-state index contributed by atoms with van der Waals surface area (Å²) >= 11 is 0. The first-order valence-corrected chi connectivity index (χ1v) is 6.32. The van der Waals surface area contributed by atoms with Gasteiger partial charge >= 0.3 is 12.4 Å². The Morgan fingerprint density at radius 2 is 1.30 bits per heavy atom. The lowest BCUT2D eigenvalue weighted by Gasteiger charge is -2.07. The van der Waals surface area contributed by atoms with Crippen LogP contribution in [-0.4, -0.2) is 5.84 Å². The van der Waals surface area contributed by atoms with Crippen LogP contribution in [0.2, 0.25) is 0 Å². The normalized spacial score (nSPS) is 13.2. The molecular weight excluding hydrogens is 322 g/mol. The Morgan fingerprint density at radius 3 is 1.87 bits per heavy atom. The maximum atomic E-state index is 12.6. The SMILES string of the molecule is NC(=[NH+]c1cccc(C(F)(F)F)c1)c1cccc(C(F)(F)F)c1.